The summed E-state index contributed by atoms with van der Waals surface area (Å²) in [6.07, 6.45) is -0.837. The number of hydrogen-bond acceptors (Lipinski definition) is 4. The Kier molecular flexibility index (Phi) is 6.55. The van der Waals surface area contributed by atoms with Gasteiger partial charge in [0.05, 0.1) is 11.8 Å². The minimum atomic E-state index is -0.970. The summed E-state index contributed by atoms with van der Waals surface area (Å²) in [5.41, 5.74) is 1.63. The van der Waals surface area contributed by atoms with E-state index in [1.807, 2.05) is 19.1 Å². The molecule has 31 heavy (non-hydrogen) atoms. The first kappa shape index (κ1) is 22.2. The van der Waals surface area contributed by atoms with Gasteiger partial charge in [-0.25, -0.2) is 9.18 Å². The number of likely N-dealkylation sites (tertiary alicyclic amines) is 1. The van der Waals surface area contributed by atoms with E-state index in [0.717, 1.165) is 11.6 Å². The number of aliphatic hydroxyl groups excluding tert-OH is 1. The maximum Gasteiger partial charge on any atom is 0.322 e. The second kappa shape index (κ2) is 9.13. The van der Waals surface area contributed by atoms with E-state index in [4.69, 9.17) is 0 Å². The van der Waals surface area contributed by atoms with Gasteiger partial charge in [-0.1, -0.05) is 17.7 Å². The maximum absolute atomic E-state index is 14.4. The second-order valence-corrected chi connectivity index (χ2v) is 7.74. The number of aryl methyl sites for hydroxylation is 1. The van der Waals surface area contributed by atoms with Crippen molar-refractivity contribution in [3.8, 4) is 0 Å². The van der Waals surface area contributed by atoms with Crippen LogP contribution in [0.2, 0.25) is 0 Å². The van der Waals surface area contributed by atoms with E-state index >= 15 is 0 Å². The molecule has 3 N–H and O–H groups in total. The van der Waals surface area contributed by atoms with Gasteiger partial charge in [0.25, 0.3) is 5.91 Å². The summed E-state index contributed by atoms with van der Waals surface area (Å²) in [5.74, 6) is -1.76. The number of nitrogens with zero attached hydrogens (tertiary/aromatic N) is 2. The molecule has 0 bridgehead atoms. The van der Waals surface area contributed by atoms with E-state index in [9.17, 15) is 23.9 Å². The van der Waals surface area contributed by atoms with Crippen LogP contribution in [-0.4, -0.2) is 65.5 Å². The molecule has 1 fully saturated rings. The van der Waals surface area contributed by atoms with Crippen LogP contribution in [0.3, 0.4) is 0 Å². The van der Waals surface area contributed by atoms with Crippen molar-refractivity contribution < 1.29 is 23.9 Å². The summed E-state index contributed by atoms with van der Waals surface area (Å²) in [6, 6.07) is 9.40. The van der Waals surface area contributed by atoms with Gasteiger partial charge in [-0.2, -0.15) is 0 Å². The van der Waals surface area contributed by atoms with Crippen LogP contribution in [0.15, 0.2) is 42.5 Å². The Morgan fingerprint density at radius 1 is 1.10 bits per heavy atom. The highest BCUT2D eigenvalue weighted by Crippen LogP contribution is 2.23. The van der Waals surface area contributed by atoms with Gasteiger partial charge in [-0.15, -0.1) is 0 Å². The highest BCUT2D eigenvalue weighted by Gasteiger charge is 2.39. The third-order valence-corrected chi connectivity index (χ3v) is 5.03. The van der Waals surface area contributed by atoms with Gasteiger partial charge < -0.3 is 25.5 Å². The number of aliphatic hydroxyl groups is 1. The molecule has 0 aromatic heterocycles. The van der Waals surface area contributed by atoms with Gasteiger partial charge in [-0.05, 0) is 37.3 Å². The summed E-state index contributed by atoms with van der Waals surface area (Å²) in [6.45, 7) is 1.90. The van der Waals surface area contributed by atoms with Gasteiger partial charge >= 0.3 is 6.03 Å². The number of β-amino-alcohol motifs (C(OH)–C–C–N with tert-alkyl or cyclic N) is 1. The summed E-state index contributed by atoms with van der Waals surface area (Å²) >= 11 is 0. The number of carbonyl (C=O) groups excluding carboxylic acids is 3. The Morgan fingerprint density at radius 2 is 1.77 bits per heavy atom. The Balaban J connectivity index is 1.71. The number of nitrogens with one attached hydrogen (secondary N) is 2. The van der Waals surface area contributed by atoms with E-state index in [2.05, 4.69) is 10.6 Å². The van der Waals surface area contributed by atoms with E-state index in [1.54, 1.807) is 26.2 Å². The number of amides is 4. The third-order valence-electron chi connectivity index (χ3n) is 5.03. The number of hydrogen-bond donors (Lipinski definition) is 3. The molecule has 1 saturated heterocycles. The Bertz CT molecular complexity index is 994. The molecule has 1 aliphatic heterocycles. The molecule has 1 aliphatic rings. The number of benzene rings is 2. The van der Waals surface area contributed by atoms with Crippen LogP contribution in [0.25, 0.3) is 0 Å². The van der Waals surface area contributed by atoms with Gasteiger partial charge in [0, 0.05) is 38.3 Å². The molecular formula is C22H25FN4O4. The van der Waals surface area contributed by atoms with Crippen molar-refractivity contribution in [1.29, 1.82) is 0 Å². The van der Waals surface area contributed by atoms with Gasteiger partial charge in [0.1, 0.15) is 11.9 Å². The van der Waals surface area contributed by atoms with Crippen LogP contribution in [0, 0.1) is 12.7 Å². The molecule has 2 aromatic carbocycles. The van der Waals surface area contributed by atoms with E-state index < -0.39 is 29.9 Å². The first-order valence-electron chi connectivity index (χ1n) is 9.80. The average molecular weight is 428 g/mol. The summed E-state index contributed by atoms with van der Waals surface area (Å²) in [7, 11) is 3.11. The molecule has 8 nitrogen and oxygen atoms in total. The van der Waals surface area contributed by atoms with Crippen molar-refractivity contribution >= 4 is 29.2 Å². The molecule has 2 aromatic rings. The van der Waals surface area contributed by atoms with Crippen molar-refractivity contribution in [2.75, 3.05) is 31.3 Å². The van der Waals surface area contributed by atoms with Crippen LogP contribution in [0.5, 0.6) is 0 Å². The Labute approximate surface area is 179 Å². The van der Waals surface area contributed by atoms with Crippen molar-refractivity contribution in [2.45, 2.75) is 25.5 Å². The minimum absolute atomic E-state index is 0.0193. The zero-order chi connectivity index (χ0) is 22.7. The van der Waals surface area contributed by atoms with Gasteiger partial charge in [-0.3, -0.25) is 9.59 Å². The van der Waals surface area contributed by atoms with Crippen molar-refractivity contribution in [3.63, 3.8) is 0 Å². The summed E-state index contributed by atoms with van der Waals surface area (Å²) in [5, 5.41) is 15.2. The molecular weight excluding hydrogens is 403 g/mol. The number of halogens is 1. The molecule has 2 atom stereocenters. The molecule has 164 valence electrons. The van der Waals surface area contributed by atoms with Crippen LogP contribution in [-0.2, 0) is 4.79 Å². The molecule has 0 aliphatic carbocycles. The van der Waals surface area contributed by atoms with Crippen LogP contribution in [0.4, 0.5) is 20.6 Å². The fraction of sp³-hybridized carbons (Fsp3) is 0.318. The molecule has 0 spiro atoms. The van der Waals surface area contributed by atoms with Gasteiger partial charge in [0.2, 0.25) is 5.91 Å². The first-order chi connectivity index (χ1) is 14.7. The zero-order valence-corrected chi connectivity index (χ0v) is 17.6. The standard InChI is InChI=1S/C22H25FN4O4/c1-13-4-7-15(8-5-13)24-22(31)27-12-16(28)11-19(27)20(29)25-18-9-6-14(10-17(18)23)21(30)26(2)3/h4-10,16,19,28H,11-12H2,1-3H3,(H,24,31)(H,25,29)/t16-,19-/m1/s1. The lowest BCUT2D eigenvalue weighted by Gasteiger charge is -2.24. The van der Waals surface area contributed by atoms with Crippen molar-refractivity contribution in [1.82, 2.24) is 9.80 Å². The third kappa shape index (κ3) is 5.18. The molecule has 1 heterocycles. The molecule has 0 saturated carbocycles. The van der Waals surface area contributed by atoms with Crippen LogP contribution < -0.4 is 10.6 Å². The van der Waals surface area contributed by atoms with Crippen LogP contribution >= 0.6 is 0 Å². The quantitative estimate of drug-likeness (QED) is 0.696. The predicted octanol–water partition coefficient (Wildman–Crippen LogP) is 2.44. The molecule has 4 amide bonds. The number of carbonyl (C=O) groups is 3. The smallest absolute Gasteiger partial charge is 0.322 e. The van der Waals surface area contributed by atoms with Crippen molar-refractivity contribution in [2.24, 2.45) is 0 Å². The topological polar surface area (TPSA) is 102 Å². The fourth-order valence-corrected chi connectivity index (χ4v) is 3.34. The number of urea groups is 1. The zero-order valence-electron chi connectivity index (χ0n) is 17.6. The van der Waals surface area contributed by atoms with Crippen molar-refractivity contribution in [3.05, 3.63) is 59.4 Å². The lowest BCUT2D eigenvalue weighted by atomic mass is 10.1. The monoisotopic (exact) mass is 428 g/mol. The van der Waals surface area contributed by atoms with E-state index in [-0.39, 0.29) is 30.1 Å². The maximum atomic E-state index is 14.4. The van der Waals surface area contributed by atoms with Gasteiger partial charge in [0.15, 0.2) is 0 Å². The lowest BCUT2D eigenvalue weighted by Crippen LogP contribution is -2.45. The summed E-state index contributed by atoms with van der Waals surface area (Å²) < 4.78 is 14.4. The number of anilines is 2. The highest BCUT2D eigenvalue weighted by molar-refractivity contribution is 6.00. The second-order valence-electron chi connectivity index (χ2n) is 7.74. The first-order valence-corrected chi connectivity index (χ1v) is 9.80. The molecule has 3 rings (SSSR count). The largest absolute Gasteiger partial charge is 0.391 e. The van der Waals surface area contributed by atoms with Crippen LogP contribution in [0.1, 0.15) is 22.3 Å². The van der Waals surface area contributed by atoms with E-state index in [0.29, 0.717) is 5.69 Å². The average Bonchev–Trinajstić information content (AvgIpc) is 3.12. The Morgan fingerprint density at radius 3 is 2.39 bits per heavy atom. The predicted molar refractivity (Wildman–Crippen MR) is 114 cm³/mol. The minimum Gasteiger partial charge on any atom is -0.391 e. The highest BCUT2D eigenvalue weighted by atomic mass is 19.1. The Hall–Kier alpha value is -3.46. The lowest BCUT2D eigenvalue weighted by molar-refractivity contribution is -0.119. The molecule has 9 heteroatoms. The molecule has 0 unspecified atom stereocenters. The SMILES string of the molecule is Cc1ccc(NC(=O)N2C[C@H](O)C[C@@H]2C(=O)Nc2ccc(C(=O)N(C)C)cc2F)cc1. The fourth-order valence-electron chi connectivity index (χ4n) is 3.34. The number of rotatable bonds is 4. The normalized spacial score (nSPS) is 17.9. The molecule has 0 radical (unpaired) electrons. The van der Waals surface area contributed by atoms with E-state index in [1.165, 1.54) is 21.9 Å². The summed E-state index contributed by atoms with van der Waals surface area (Å²) in [4.78, 5) is 39.9.